The van der Waals surface area contributed by atoms with Gasteiger partial charge in [-0.2, -0.15) is 0 Å². The Kier molecular flexibility index (Phi) is 5.07. The highest BCUT2D eigenvalue weighted by Crippen LogP contribution is 2.17. The summed E-state index contributed by atoms with van der Waals surface area (Å²) in [6, 6.07) is 6.48. The van der Waals surface area contributed by atoms with Gasteiger partial charge in [-0.15, -0.1) is 0 Å². The number of rotatable bonds is 6. The third kappa shape index (κ3) is 4.08. The molecule has 5 nitrogen and oxygen atoms in total. The van der Waals surface area contributed by atoms with E-state index < -0.39 is 9.84 Å². The Morgan fingerprint density at radius 2 is 2.18 bits per heavy atom. The molecule has 96 valence electrons. The van der Waals surface area contributed by atoms with E-state index in [1.165, 1.54) is 6.26 Å². The molecule has 1 atom stereocenters. The van der Waals surface area contributed by atoms with Gasteiger partial charge in [0.25, 0.3) is 0 Å². The summed E-state index contributed by atoms with van der Waals surface area (Å²) in [4.78, 5) is 0.284. The van der Waals surface area contributed by atoms with Crippen LogP contribution in [0.1, 0.15) is 18.5 Å². The first-order chi connectivity index (χ1) is 7.99. The monoisotopic (exact) mass is 258 g/mol. The highest BCUT2D eigenvalue weighted by molar-refractivity contribution is 7.90. The molecule has 0 amide bonds. The summed E-state index contributed by atoms with van der Waals surface area (Å²) >= 11 is 0. The quantitative estimate of drug-likeness (QED) is 0.578. The molecule has 0 aliphatic carbocycles. The largest absolute Gasteiger partial charge is 0.380 e. The second-order valence-electron chi connectivity index (χ2n) is 3.72. The number of nitrogens with one attached hydrogen (secondary N) is 1. The Morgan fingerprint density at radius 1 is 1.47 bits per heavy atom. The zero-order chi connectivity index (χ0) is 12.9. The minimum absolute atomic E-state index is 0.211. The zero-order valence-corrected chi connectivity index (χ0v) is 10.8. The van der Waals surface area contributed by atoms with Gasteiger partial charge in [-0.25, -0.2) is 8.42 Å². The van der Waals surface area contributed by atoms with Crippen LogP contribution in [0, 0.1) is 0 Å². The number of hydrogen-bond acceptors (Lipinski definition) is 5. The van der Waals surface area contributed by atoms with E-state index in [9.17, 15) is 8.42 Å². The molecule has 0 aliphatic rings. The molecule has 17 heavy (non-hydrogen) atoms. The Bertz CT molecular complexity index is 460. The van der Waals surface area contributed by atoms with Gasteiger partial charge >= 0.3 is 0 Å². The molecule has 0 fully saturated rings. The molecule has 0 saturated heterocycles. The van der Waals surface area contributed by atoms with E-state index in [4.69, 9.17) is 10.6 Å². The normalized spacial score (nSPS) is 13.6. The van der Waals surface area contributed by atoms with Gasteiger partial charge in [0.2, 0.25) is 0 Å². The second kappa shape index (κ2) is 6.11. The van der Waals surface area contributed by atoms with Crippen LogP contribution in [-0.2, 0) is 14.6 Å². The maximum atomic E-state index is 11.4. The molecule has 1 aromatic rings. The molecule has 0 saturated carbocycles. The molecule has 0 radical (unpaired) electrons. The fraction of sp³-hybridized carbons (Fsp3) is 0.455. The van der Waals surface area contributed by atoms with E-state index in [0.29, 0.717) is 13.2 Å². The number of nitrogens with two attached hydrogens (primary N) is 1. The predicted molar refractivity (Wildman–Crippen MR) is 66.1 cm³/mol. The van der Waals surface area contributed by atoms with Crippen molar-refractivity contribution in [2.45, 2.75) is 17.9 Å². The van der Waals surface area contributed by atoms with Gasteiger partial charge in [-0.05, 0) is 24.6 Å². The minimum Gasteiger partial charge on any atom is -0.380 e. The van der Waals surface area contributed by atoms with Crippen LogP contribution in [0.15, 0.2) is 29.2 Å². The van der Waals surface area contributed by atoms with Crippen LogP contribution in [0.5, 0.6) is 0 Å². The van der Waals surface area contributed by atoms with Gasteiger partial charge in [0.15, 0.2) is 9.84 Å². The smallest absolute Gasteiger partial charge is 0.175 e. The summed E-state index contributed by atoms with van der Waals surface area (Å²) in [6.45, 7) is 2.88. The lowest BCUT2D eigenvalue weighted by atomic mass is 10.1. The second-order valence-corrected chi connectivity index (χ2v) is 5.74. The molecule has 0 aliphatic heterocycles. The Morgan fingerprint density at radius 3 is 2.71 bits per heavy atom. The molecule has 0 aromatic heterocycles. The fourth-order valence-electron chi connectivity index (χ4n) is 1.44. The maximum absolute atomic E-state index is 11.4. The molecule has 1 rings (SSSR count). The van der Waals surface area contributed by atoms with Crippen LogP contribution in [0.4, 0.5) is 0 Å². The van der Waals surface area contributed by atoms with Gasteiger partial charge < -0.3 is 4.74 Å². The number of hydrazine groups is 1. The summed E-state index contributed by atoms with van der Waals surface area (Å²) in [5.74, 6) is 5.43. The highest BCUT2D eigenvalue weighted by Gasteiger charge is 2.13. The Hall–Kier alpha value is -0.950. The molecule has 1 aromatic carbocycles. The van der Waals surface area contributed by atoms with E-state index in [-0.39, 0.29) is 10.9 Å². The van der Waals surface area contributed by atoms with Crippen LogP contribution < -0.4 is 11.3 Å². The summed E-state index contributed by atoms with van der Waals surface area (Å²) in [5, 5.41) is 0. The SMILES string of the molecule is CCOCC(NN)c1cccc(S(C)(=O)=O)c1. The van der Waals surface area contributed by atoms with Crippen molar-refractivity contribution in [1.29, 1.82) is 0 Å². The third-order valence-corrected chi connectivity index (χ3v) is 3.49. The Labute approximate surface area is 102 Å². The van der Waals surface area contributed by atoms with Crippen LogP contribution in [0.2, 0.25) is 0 Å². The van der Waals surface area contributed by atoms with Crippen LogP contribution in [0.25, 0.3) is 0 Å². The minimum atomic E-state index is -3.20. The average molecular weight is 258 g/mol. The Balaban J connectivity index is 2.97. The number of hydrogen-bond donors (Lipinski definition) is 2. The molecule has 1 unspecified atom stereocenters. The summed E-state index contributed by atoms with van der Waals surface area (Å²) < 4.78 is 28.1. The molecule has 0 spiro atoms. The molecule has 0 bridgehead atoms. The number of ether oxygens (including phenoxy) is 1. The molecule has 3 N–H and O–H groups in total. The number of benzene rings is 1. The van der Waals surface area contributed by atoms with Crippen molar-refractivity contribution in [1.82, 2.24) is 5.43 Å². The van der Waals surface area contributed by atoms with Crippen LogP contribution in [0.3, 0.4) is 0 Å². The van der Waals surface area contributed by atoms with Crippen molar-refractivity contribution in [3.05, 3.63) is 29.8 Å². The third-order valence-electron chi connectivity index (χ3n) is 2.38. The molecule has 0 heterocycles. The molecule has 6 heteroatoms. The van der Waals surface area contributed by atoms with Gasteiger partial charge in [0.05, 0.1) is 17.5 Å². The predicted octanol–water partition coefficient (Wildman–Crippen LogP) is 0.631. The van der Waals surface area contributed by atoms with Crippen molar-refractivity contribution in [2.75, 3.05) is 19.5 Å². The van der Waals surface area contributed by atoms with Crippen LogP contribution in [-0.4, -0.2) is 27.9 Å². The van der Waals surface area contributed by atoms with Crippen molar-refractivity contribution in [2.24, 2.45) is 5.84 Å². The standard InChI is InChI=1S/C11H18N2O3S/c1-3-16-8-11(13-12)9-5-4-6-10(7-9)17(2,14)15/h4-7,11,13H,3,8,12H2,1-2H3. The van der Waals surface area contributed by atoms with E-state index in [1.54, 1.807) is 18.2 Å². The maximum Gasteiger partial charge on any atom is 0.175 e. The molecular formula is C11H18N2O3S. The lowest BCUT2D eigenvalue weighted by Crippen LogP contribution is -2.31. The van der Waals surface area contributed by atoms with Crippen molar-refractivity contribution >= 4 is 9.84 Å². The first-order valence-corrected chi connectivity index (χ1v) is 7.22. The van der Waals surface area contributed by atoms with Gasteiger partial charge in [0.1, 0.15) is 0 Å². The topological polar surface area (TPSA) is 81.4 Å². The van der Waals surface area contributed by atoms with Gasteiger partial charge in [-0.3, -0.25) is 11.3 Å². The number of sulfone groups is 1. The summed E-state index contributed by atoms with van der Waals surface area (Å²) in [5.41, 5.74) is 3.41. The van der Waals surface area contributed by atoms with Gasteiger partial charge in [-0.1, -0.05) is 12.1 Å². The van der Waals surface area contributed by atoms with Crippen molar-refractivity contribution < 1.29 is 13.2 Å². The van der Waals surface area contributed by atoms with E-state index in [2.05, 4.69) is 5.43 Å². The van der Waals surface area contributed by atoms with Gasteiger partial charge in [0, 0.05) is 12.9 Å². The van der Waals surface area contributed by atoms with E-state index in [1.807, 2.05) is 13.0 Å². The fourth-order valence-corrected chi connectivity index (χ4v) is 2.11. The van der Waals surface area contributed by atoms with E-state index in [0.717, 1.165) is 5.56 Å². The molecular weight excluding hydrogens is 240 g/mol. The van der Waals surface area contributed by atoms with Crippen LogP contribution >= 0.6 is 0 Å². The van der Waals surface area contributed by atoms with Crippen molar-refractivity contribution in [3.63, 3.8) is 0 Å². The first-order valence-electron chi connectivity index (χ1n) is 5.33. The van der Waals surface area contributed by atoms with E-state index >= 15 is 0 Å². The average Bonchev–Trinajstić information content (AvgIpc) is 2.29. The summed E-state index contributed by atoms with van der Waals surface area (Å²) in [6.07, 6.45) is 1.18. The first kappa shape index (κ1) is 14.1. The highest BCUT2D eigenvalue weighted by atomic mass is 32.2. The summed E-state index contributed by atoms with van der Waals surface area (Å²) in [7, 11) is -3.20. The lowest BCUT2D eigenvalue weighted by Gasteiger charge is -2.16. The lowest BCUT2D eigenvalue weighted by molar-refractivity contribution is 0.123. The van der Waals surface area contributed by atoms with Crippen molar-refractivity contribution in [3.8, 4) is 0 Å². The zero-order valence-electron chi connectivity index (χ0n) is 10.0.